The number of benzene rings is 1. The van der Waals surface area contributed by atoms with Crippen molar-refractivity contribution >= 4 is 23.9 Å². The molecule has 1 aromatic rings. The van der Waals surface area contributed by atoms with Crippen molar-refractivity contribution in [2.75, 3.05) is 0 Å². The van der Waals surface area contributed by atoms with E-state index >= 15 is 0 Å². The molecule has 1 aromatic carbocycles. The smallest absolute Gasteiger partial charge is 0.305 e. The maximum Gasteiger partial charge on any atom is 0.305 e. The minimum absolute atomic E-state index is 0.221. The summed E-state index contributed by atoms with van der Waals surface area (Å²) in [6, 6.07) is 5.87. The molecule has 2 fully saturated rings. The number of carbonyl (C=O) groups excluding carboxylic acids is 4. The van der Waals surface area contributed by atoms with Gasteiger partial charge in [0.2, 0.25) is 12.4 Å². The van der Waals surface area contributed by atoms with Crippen LogP contribution in [-0.4, -0.2) is 48.5 Å². The van der Waals surface area contributed by atoms with Crippen molar-refractivity contribution in [3.05, 3.63) is 83.2 Å². The van der Waals surface area contributed by atoms with Gasteiger partial charge in [0.05, 0.1) is 0 Å². The molecule has 0 spiro atoms. The van der Waals surface area contributed by atoms with Crippen LogP contribution in [0.3, 0.4) is 0 Å². The lowest BCUT2D eigenvalue weighted by atomic mass is 9.82. The fraction of sp³-hybridized carbons (Fsp3) is 0.471. The number of allylic oxidation sites excluding steroid dienone is 5. The monoisotopic (exact) mass is 622 g/mol. The van der Waals surface area contributed by atoms with Crippen molar-refractivity contribution in [3.8, 4) is 0 Å². The van der Waals surface area contributed by atoms with Gasteiger partial charge in [0.1, 0.15) is 30.6 Å². The number of hydrogen-bond donors (Lipinski definition) is 0. The summed E-state index contributed by atoms with van der Waals surface area (Å²) >= 11 is 0. The molecule has 0 N–H and O–H groups in total. The van der Waals surface area contributed by atoms with E-state index in [9.17, 15) is 19.2 Å². The molecule has 11 nitrogen and oxygen atoms in total. The Morgan fingerprint density at radius 1 is 0.867 bits per heavy atom. The van der Waals surface area contributed by atoms with Crippen LogP contribution in [0.15, 0.2) is 66.5 Å². The number of esters is 4. The maximum absolute atomic E-state index is 12.4. The SMILES string of the molecule is CC(=O)OC1OC(c2ccc(C3CC3)c(C(CC3=CC=CCC3)C3=COC=CO3)c2)C(OC(C)=O)C(OC(C)=O)C1OC(C)=O. The Hall–Kier alpha value is -4.38. The predicted molar refractivity (Wildman–Crippen MR) is 158 cm³/mol. The van der Waals surface area contributed by atoms with Crippen LogP contribution in [0.2, 0.25) is 0 Å². The third-order valence-corrected chi connectivity index (χ3v) is 7.95. The quantitative estimate of drug-likeness (QED) is 0.244. The molecule has 0 amide bonds. The summed E-state index contributed by atoms with van der Waals surface area (Å²) in [6.07, 6.45) is 8.99. The van der Waals surface area contributed by atoms with E-state index in [0.717, 1.165) is 43.7 Å². The molecule has 1 saturated heterocycles. The van der Waals surface area contributed by atoms with E-state index in [0.29, 0.717) is 23.7 Å². The zero-order chi connectivity index (χ0) is 32.1. The normalized spacial score (nSPS) is 26.3. The molecule has 0 aromatic heterocycles. The predicted octanol–water partition coefficient (Wildman–Crippen LogP) is 5.43. The first kappa shape index (κ1) is 32.0. The van der Waals surface area contributed by atoms with Gasteiger partial charge in [0, 0.05) is 33.6 Å². The van der Waals surface area contributed by atoms with Gasteiger partial charge < -0.3 is 33.2 Å². The highest BCUT2D eigenvalue weighted by molar-refractivity contribution is 5.69. The van der Waals surface area contributed by atoms with Crippen LogP contribution in [0.5, 0.6) is 0 Å². The van der Waals surface area contributed by atoms with Crippen LogP contribution in [-0.2, 0) is 52.3 Å². The highest BCUT2D eigenvalue weighted by atomic mass is 16.7. The van der Waals surface area contributed by atoms with Gasteiger partial charge in [-0.05, 0) is 54.7 Å². The van der Waals surface area contributed by atoms with Crippen molar-refractivity contribution in [1.82, 2.24) is 0 Å². The summed E-state index contributed by atoms with van der Waals surface area (Å²) in [7, 11) is 0. The molecule has 11 heteroatoms. The molecule has 0 bridgehead atoms. The average molecular weight is 623 g/mol. The van der Waals surface area contributed by atoms with Gasteiger partial charge in [0.15, 0.2) is 12.2 Å². The molecule has 6 unspecified atom stereocenters. The van der Waals surface area contributed by atoms with Gasteiger partial charge in [-0.1, -0.05) is 42.0 Å². The second kappa shape index (κ2) is 14.2. The van der Waals surface area contributed by atoms with E-state index in [2.05, 4.69) is 18.2 Å². The Kier molecular flexibility index (Phi) is 10.1. The molecule has 45 heavy (non-hydrogen) atoms. The standard InChI is InChI=1S/C34H38O11/c1-19(35)41-31-30(45-34(44-22(4)38)33(43-21(3)37)32(31)42-20(2)36)25-12-13-26(24-10-11-24)27(17-25)28(29-18-39-14-15-40-29)16-23-8-6-5-7-9-23/h5-6,8,12-15,17-18,24,28,30-34H,7,9-11,16H2,1-4H3. The molecule has 4 aliphatic rings. The van der Waals surface area contributed by atoms with E-state index in [4.69, 9.17) is 33.2 Å². The summed E-state index contributed by atoms with van der Waals surface area (Å²) in [5, 5.41) is 0. The summed E-state index contributed by atoms with van der Waals surface area (Å²) in [4.78, 5) is 48.9. The van der Waals surface area contributed by atoms with E-state index in [1.54, 1.807) is 6.26 Å². The Balaban J connectivity index is 1.62. The largest absolute Gasteiger partial charge is 0.466 e. The molecule has 2 aliphatic carbocycles. The topological polar surface area (TPSA) is 133 Å². The Morgan fingerprint density at radius 3 is 2.16 bits per heavy atom. The van der Waals surface area contributed by atoms with E-state index in [1.165, 1.54) is 38.9 Å². The van der Waals surface area contributed by atoms with Crippen molar-refractivity contribution in [1.29, 1.82) is 0 Å². The molecule has 5 rings (SSSR count). The second-order valence-electron chi connectivity index (χ2n) is 11.5. The van der Waals surface area contributed by atoms with Gasteiger partial charge in [-0.3, -0.25) is 19.2 Å². The first-order chi connectivity index (χ1) is 21.6. The van der Waals surface area contributed by atoms with E-state index in [1.807, 2.05) is 18.2 Å². The molecule has 2 aliphatic heterocycles. The van der Waals surface area contributed by atoms with Gasteiger partial charge in [-0.15, -0.1) is 0 Å². The van der Waals surface area contributed by atoms with Crippen molar-refractivity contribution in [3.63, 3.8) is 0 Å². The minimum atomic E-state index is -1.46. The summed E-state index contributed by atoms with van der Waals surface area (Å²) in [5.41, 5.74) is 3.97. The molecular weight excluding hydrogens is 584 g/mol. The molecule has 6 atom stereocenters. The average Bonchev–Trinajstić information content (AvgIpc) is 3.84. The highest BCUT2D eigenvalue weighted by Crippen LogP contribution is 2.48. The lowest BCUT2D eigenvalue weighted by Gasteiger charge is -2.44. The summed E-state index contributed by atoms with van der Waals surface area (Å²) < 4.78 is 39.9. The molecular formula is C34H38O11. The minimum Gasteiger partial charge on any atom is -0.466 e. The van der Waals surface area contributed by atoms with Gasteiger partial charge >= 0.3 is 23.9 Å². The van der Waals surface area contributed by atoms with Crippen LogP contribution < -0.4 is 0 Å². The number of carbonyl (C=O) groups is 4. The van der Waals surface area contributed by atoms with Crippen LogP contribution >= 0.6 is 0 Å². The lowest BCUT2D eigenvalue weighted by molar-refractivity contribution is -0.298. The summed E-state index contributed by atoms with van der Waals surface area (Å²) in [6.45, 7) is 4.73. The number of rotatable bonds is 10. The zero-order valence-electron chi connectivity index (χ0n) is 25.8. The van der Waals surface area contributed by atoms with Crippen molar-refractivity contribution in [2.24, 2.45) is 0 Å². The molecule has 1 saturated carbocycles. The first-order valence-corrected chi connectivity index (χ1v) is 15.1. The Morgan fingerprint density at radius 2 is 1.56 bits per heavy atom. The number of ether oxygens (including phenoxy) is 7. The number of hydrogen-bond acceptors (Lipinski definition) is 11. The third-order valence-electron chi connectivity index (χ3n) is 7.95. The van der Waals surface area contributed by atoms with Gasteiger partial charge in [-0.2, -0.15) is 0 Å². The molecule has 2 heterocycles. The van der Waals surface area contributed by atoms with E-state index in [-0.39, 0.29) is 5.92 Å². The maximum atomic E-state index is 12.4. The van der Waals surface area contributed by atoms with E-state index < -0.39 is 54.6 Å². The molecule has 0 radical (unpaired) electrons. The third kappa shape index (κ3) is 8.02. The van der Waals surface area contributed by atoms with Crippen LogP contribution in [0.1, 0.15) is 94.4 Å². The molecule has 240 valence electrons. The fourth-order valence-electron chi connectivity index (χ4n) is 6.02. The first-order valence-electron chi connectivity index (χ1n) is 15.1. The van der Waals surface area contributed by atoms with Crippen LogP contribution in [0, 0.1) is 0 Å². The van der Waals surface area contributed by atoms with Crippen LogP contribution in [0.4, 0.5) is 0 Å². The zero-order valence-corrected chi connectivity index (χ0v) is 25.8. The Bertz CT molecular complexity index is 1430. The summed E-state index contributed by atoms with van der Waals surface area (Å²) in [5.74, 6) is -2.05. The fourth-order valence-corrected chi connectivity index (χ4v) is 6.02. The highest BCUT2D eigenvalue weighted by Gasteiger charge is 2.54. The van der Waals surface area contributed by atoms with Gasteiger partial charge in [-0.25, -0.2) is 0 Å². The van der Waals surface area contributed by atoms with Crippen LogP contribution in [0.25, 0.3) is 0 Å². The Labute approximate surface area is 261 Å². The van der Waals surface area contributed by atoms with Gasteiger partial charge in [0.25, 0.3) is 0 Å². The van der Waals surface area contributed by atoms with Crippen molar-refractivity contribution < 1.29 is 52.3 Å². The second-order valence-corrected chi connectivity index (χ2v) is 11.5. The van der Waals surface area contributed by atoms with Crippen molar-refractivity contribution in [2.45, 2.75) is 102 Å². The lowest BCUT2D eigenvalue weighted by Crippen LogP contribution is -2.59.